The van der Waals surface area contributed by atoms with Crippen molar-refractivity contribution in [2.75, 3.05) is 0 Å². The second-order valence-corrected chi connectivity index (χ2v) is 25.8. The molecule has 0 saturated carbocycles. The highest BCUT2D eigenvalue weighted by atomic mass is 28.4. The average Bonchev–Trinajstić information content (AvgIpc) is 2.83. The van der Waals surface area contributed by atoms with Crippen LogP contribution in [0.25, 0.3) is 16.7 Å². The van der Waals surface area contributed by atoms with Crippen molar-refractivity contribution in [2.24, 2.45) is 0 Å². The molecule has 0 saturated heterocycles. The molecule has 0 atom stereocenters. The van der Waals surface area contributed by atoms with Gasteiger partial charge in [0.15, 0.2) is 0 Å². The second-order valence-electron chi connectivity index (χ2n) is 11.8. The van der Waals surface area contributed by atoms with Crippen LogP contribution in [0.5, 0.6) is 0 Å². The Morgan fingerprint density at radius 3 is 1.65 bits per heavy atom. The van der Waals surface area contributed by atoms with Gasteiger partial charge in [-0.2, -0.15) is 0 Å². The molecule has 1 aliphatic rings. The van der Waals surface area contributed by atoms with Crippen LogP contribution in [0.2, 0.25) is 52.4 Å². The third-order valence-electron chi connectivity index (χ3n) is 5.69. The highest BCUT2D eigenvalue weighted by molar-refractivity contribution is 7.04. The van der Waals surface area contributed by atoms with Gasteiger partial charge in [-0.1, -0.05) is 86.4 Å². The quantitative estimate of drug-likeness (QED) is 0.334. The van der Waals surface area contributed by atoms with Crippen molar-refractivity contribution in [3.8, 4) is 22.6 Å². The Morgan fingerprint density at radius 1 is 0.742 bits per heavy atom. The molecule has 0 radical (unpaired) electrons. The van der Waals surface area contributed by atoms with Gasteiger partial charge < -0.3 is 4.43 Å². The van der Waals surface area contributed by atoms with Gasteiger partial charge in [-0.05, 0) is 61.3 Å². The van der Waals surface area contributed by atoms with Crippen LogP contribution in [0.1, 0.15) is 25.0 Å². The summed E-state index contributed by atoms with van der Waals surface area (Å²) in [7, 11) is -4.70. The zero-order chi connectivity index (χ0) is 23.2. The topological polar surface area (TPSA) is 9.23 Å². The minimum Gasteiger partial charge on any atom is -0.405 e. The van der Waals surface area contributed by atoms with E-state index in [1.165, 1.54) is 22.3 Å². The van der Waals surface area contributed by atoms with E-state index in [0.717, 1.165) is 5.56 Å². The number of rotatable bonds is 3. The predicted octanol–water partition coefficient (Wildman–Crippen LogP) is 7.77. The first-order valence-corrected chi connectivity index (χ1v) is 21.2. The van der Waals surface area contributed by atoms with Gasteiger partial charge in [0.2, 0.25) is 8.32 Å². The van der Waals surface area contributed by atoms with Gasteiger partial charge in [0.1, 0.15) is 8.07 Å². The summed E-state index contributed by atoms with van der Waals surface area (Å²) in [6.07, 6.45) is 0. The van der Waals surface area contributed by atoms with Crippen molar-refractivity contribution in [1.29, 1.82) is 0 Å². The summed E-state index contributed by atoms with van der Waals surface area (Å²) in [4.78, 5) is 1.67. The zero-order valence-electron chi connectivity index (χ0n) is 21.0. The van der Waals surface area contributed by atoms with Crippen molar-refractivity contribution in [1.82, 2.24) is 0 Å². The Bertz CT molecular complexity index is 1050. The standard InChI is InChI=1S/C27H38OSi3/c1-27(2)25(26(30(6,7)8)31(9,10)28-27)24-17-15-23(16-18-24)22-13-11-21(12-14-22)19-20-29(3,4)5/h11-18H,1-10H3. The van der Waals surface area contributed by atoms with E-state index in [1.54, 1.807) is 4.82 Å². The van der Waals surface area contributed by atoms with Crippen molar-refractivity contribution in [3.63, 3.8) is 0 Å². The molecule has 4 heteroatoms. The van der Waals surface area contributed by atoms with Crippen LogP contribution < -0.4 is 0 Å². The van der Waals surface area contributed by atoms with Crippen LogP contribution in [0.15, 0.2) is 53.4 Å². The molecule has 1 aliphatic heterocycles. The monoisotopic (exact) mass is 462 g/mol. The summed E-state index contributed by atoms with van der Waals surface area (Å²) in [5.74, 6) is 3.34. The molecule has 164 valence electrons. The third kappa shape index (κ3) is 5.40. The Morgan fingerprint density at radius 2 is 1.19 bits per heavy atom. The van der Waals surface area contributed by atoms with Crippen LogP contribution in [0.4, 0.5) is 0 Å². The maximum absolute atomic E-state index is 6.71. The molecule has 0 aromatic heterocycles. The van der Waals surface area contributed by atoms with E-state index in [2.05, 4.69) is 126 Å². The molecule has 1 heterocycles. The molecule has 2 aromatic carbocycles. The summed E-state index contributed by atoms with van der Waals surface area (Å²) in [5, 5.41) is 0. The molecule has 0 amide bonds. The summed E-state index contributed by atoms with van der Waals surface area (Å²) in [5.41, 5.74) is 9.58. The fourth-order valence-corrected chi connectivity index (χ4v) is 16.6. The first-order chi connectivity index (χ1) is 14.1. The summed E-state index contributed by atoms with van der Waals surface area (Å²) in [6.45, 7) is 23.5. The Kier molecular flexibility index (Phi) is 6.23. The molecular formula is C27H38OSi3. The van der Waals surface area contributed by atoms with Crippen LogP contribution in [0, 0.1) is 11.5 Å². The van der Waals surface area contributed by atoms with Crippen LogP contribution >= 0.6 is 0 Å². The molecule has 1 nitrogen and oxygen atoms in total. The predicted molar refractivity (Wildman–Crippen MR) is 145 cm³/mol. The number of hydrogen-bond acceptors (Lipinski definition) is 1. The van der Waals surface area contributed by atoms with Gasteiger partial charge in [-0.25, -0.2) is 0 Å². The van der Waals surface area contributed by atoms with E-state index >= 15 is 0 Å². The van der Waals surface area contributed by atoms with Gasteiger partial charge in [0.25, 0.3) is 0 Å². The lowest BCUT2D eigenvalue weighted by Gasteiger charge is -2.29. The van der Waals surface area contributed by atoms with Crippen molar-refractivity contribution in [3.05, 3.63) is 64.5 Å². The molecule has 31 heavy (non-hydrogen) atoms. The molecule has 2 aromatic rings. The van der Waals surface area contributed by atoms with E-state index < -0.39 is 24.5 Å². The first kappa shape index (κ1) is 24.0. The van der Waals surface area contributed by atoms with Crippen LogP contribution in [0.3, 0.4) is 0 Å². The molecule has 0 fully saturated rings. The Balaban J connectivity index is 1.97. The number of benzene rings is 2. The first-order valence-electron chi connectivity index (χ1n) is 11.3. The zero-order valence-corrected chi connectivity index (χ0v) is 24.0. The summed E-state index contributed by atoms with van der Waals surface area (Å²) < 4.78 is 6.71. The molecule has 0 unspecified atom stereocenters. The Labute approximate surface area is 193 Å². The van der Waals surface area contributed by atoms with E-state index in [-0.39, 0.29) is 5.60 Å². The van der Waals surface area contributed by atoms with Gasteiger partial charge in [0.05, 0.1) is 13.7 Å². The highest BCUT2D eigenvalue weighted by Gasteiger charge is 2.50. The minimum atomic E-state index is -1.86. The van der Waals surface area contributed by atoms with Gasteiger partial charge >= 0.3 is 0 Å². The third-order valence-corrected chi connectivity index (χ3v) is 14.8. The van der Waals surface area contributed by atoms with E-state index in [1.807, 2.05) is 0 Å². The molecule has 0 bridgehead atoms. The molecular weight excluding hydrogens is 425 g/mol. The fourth-order valence-electron chi connectivity index (χ4n) is 4.95. The molecule has 0 aliphatic carbocycles. The maximum atomic E-state index is 6.71. The van der Waals surface area contributed by atoms with E-state index in [4.69, 9.17) is 4.43 Å². The lowest BCUT2D eigenvalue weighted by molar-refractivity contribution is 0.177. The van der Waals surface area contributed by atoms with Gasteiger partial charge in [-0.15, -0.1) is 5.54 Å². The minimum absolute atomic E-state index is 0.219. The van der Waals surface area contributed by atoms with Crippen molar-refractivity contribution in [2.45, 2.75) is 71.8 Å². The van der Waals surface area contributed by atoms with Gasteiger partial charge in [-0.3, -0.25) is 0 Å². The van der Waals surface area contributed by atoms with E-state index in [0.29, 0.717) is 0 Å². The van der Waals surface area contributed by atoms with Gasteiger partial charge in [0, 0.05) is 5.56 Å². The Hall–Kier alpha value is -1.65. The molecule has 0 spiro atoms. The largest absolute Gasteiger partial charge is 0.405 e. The normalized spacial score (nSPS) is 18.0. The lowest BCUT2D eigenvalue weighted by Crippen LogP contribution is -2.42. The molecule has 0 N–H and O–H groups in total. The van der Waals surface area contributed by atoms with Crippen molar-refractivity contribution >= 4 is 30.0 Å². The highest BCUT2D eigenvalue weighted by Crippen LogP contribution is 2.48. The molecule has 3 rings (SSSR count). The van der Waals surface area contributed by atoms with Crippen LogP contribution in [-0.4, -0.2) is 30.1 Å². The fraction of sp³-hybridized carbons (Fsp3) is 0.407. The smallest absolute Gasteiger partial charge is 0.212 e. The van der Waals surface area contributed by atoms with Crippen LogP contribution in [-0.2, 0) is 4.43 Å². The second kappa shape index (κ2) is 8.04. The lowest BCUT2D eigenvalue weighted by atomic mass is 9.91. The maximum Gasteiger partial charge on any atom is 0.212 e. The summed E-state index contributed by atoms with van der Waals surface area (Å²) in [6, 6.07) is 17.8. The van der Waals surface area contributed by atoms with E-state index in [9.17, 15) is 0 Å². The van der Waals surface area contributed by atoms with Crippen molar-refractivity contribution < 1.29 is 4.43 Å². The number of hydrogen-bond donors (Lipinski definition) is 0. The summed E-state index contributed by atoms with van der Waals surface area (Å²) >= 11 is 0. The average molecular weight is 463 g/mol. The SMILES string of the molecule is CC1(C)O[Si](C)(C)C([Si](C)(C)C)=C1c1ccc(-c2ccc(C#C[Si](C)(C)C)cc2)cc1.